The summed E-state index contributed by atoms with van der Waals surface area (Å²) in [7, 11) is 0. The average molecular weight is 191 g/mol. The maximum absolute atomic E-state index is 11.5. The van der Waals surface area contributed by atoms with Gasteiger partial charge in [0.05, 0.1) is 18.4 Å². The van der Waals surface area contributed by atoms with E-state index < -0.39 is 0 Å². The third-order valence-electron chi connectivity index (χ3n) is 2.43. The van der Waals surface area contributed by atoms with Gasteiger partial charge >= 0.3 is 0 Å². The number of hydrogen-bond acceptors (Lipinski definition) is 2. The fourth-order valence-corrected chi connectivity index (χ4v) is 1.65. The Morgan fingerprint density at radius 3 is 3.36 bits per heavy atom. The Hall–Kier alpha value is -1.58. The lowest BCUT2D eigenvalue weighted by molar-refractivity contribution is -0.126. The number of carbonyl (C=O) groups is 1. The topological polar surface area (TPSA) is 49.0 Å². The second-order valence-corrected chi connectivity index (χ2v) is 3.38. The molecule has 1 aromatic rings. The summed E-state index contributed by atoms with van der Waals surface area (Å²) in [6, 6.07) is 0. The van der Waals surface area contributed by atoms with Crippen LogP contribution in [0.5, 0.6) is 0 Å². The second kappa shape index (κ2) is 3.65. The molecule has 0 unspecified atom stereocenters. The van der Waals surface area contributed by atoms with Crippen molar-refractivity contribution >= 4 is 5.91 Å². The lowest BCUT2D eigenvalue weighted by Gasteiger charge is -2.25. The van der Waals surface area contributed by atoms with E-state index in [4.69, 9.17) is 0 Å². The number of allylic oxidation sites excluding steroid dienone is 1. The standard InChI is InChI=1S/C10H13N3O/c1-2-3-10(14)13-5-4-8-6-11-12-9(8)7-13/h2-3,6H,4-5,7H2,1H3,(H,11,12)/b3-2+. The molecule has 0 radical (unpaired) electrons. The minimum Gasteiger partial charge on any atom is -0.333 e. The first-order valence-corrected chi connectivity index (χ1v) is 4.74. The molecule has 1 aliphatic heterocycles. The molecule has 4 heteroatoms. The molecule has 0 spiro atoms. The van der Waals surface area contributed by atoms with Crippen LogP contribution < -0.4 is 0 Å². The summed E-state index contributed by atoms with van der Waals surface area (Å²) < 4.78 is 0. The monoisotopic (exact) mass is 191 g/mol. The SMILES string of the molecule is C/C=C/C(=O)N1CCc2cn[nH]c2C1. The van der Waals surface area contributed by atoms with Gasteiger partial charge < -0.3 is 4.90 Å². The molecule has 0 aromatic carbocycles. The van der Waals surface area contributed by atoms with E-state index in [1.165, 1.54) is 5.56 Å². The number of rotatable bonds is 1. The summed E-state index contributed by atoms with van der Waals surface area (Å²) in [5.41, 5.74) is 2.30. The highest BCUT2D eigenvalue weighted by molar-refractivity contribution is 5.87. The molecule has 0 saturated heterocycles. The van der Waals surface area contributed by atoms with Crippen LogP contribution in [0.1, 0.15) is 18.2 Å². The van der Waals surface area contributed by atoms with E-state index in [0.717, 1.165) is 18.7 Å². The van der Waals surface area contributed by atoms with E-state index in [1.807, 2.05) is 18.0 Å². The first kappa shape index (κ1) is 8.99. The van der Waals surface area contributed by atoms with Crippen molar-refractivity contribution in [3.8, 4) is 0 Å². The molecule has 1 aliphatic rings. The summed E-state index contributed by atoms with van der Waals surface area (Å²) in [5.74, 6) is 0.0766. The lowest BCUT2D eigenvalue weighted by atomic mass is 10.1. The number of aromatic nitrogens is 2. The van der Waals surface area contributed by atoms with Crippen molar-refractivity contribution in [2.75, 3.05) is 6.54 Å². The van der Waals surface area contributed by atoms with Crippen LogP contribution in [0, 0.1) is 0 Å². The molecule has 0 bridgehead atoms. The zero-order valence-electron chi connectivity index (χ0n) is 8.16. The van der Waals surface area contributed by atoms with E-state index >= 15 is 0 Å². The van der Waals surface area contributed by atoms with Crippen molar-refractivity contribution in [3.63, 3.8) is 0 Å². The summed E-state index contributed by atoms with van der Waals surface area (Å²) in [5, 5.41) is 6.88. The van der Waals surface area contributed by atoms with Gasteiger partial charge in [0.1, 0.15) is 0 Å². The predicted octanol–water partition coefficient (Wildman–Crippen LogP) is 0.871. The average Bonchev–Trinajstić information content (AvgIpc) is 2.64. The summed E-state index contributed by atoms with van der Waals surface area (Å²) in [6.07, 6.45) is 6.11. The van der Waals surface area contributed by atoms with E-state index in [2.05, 4.69) is 10.2 Å². The van der Waals surface area contributed by atoms with Gasteiger partial charge in [0.2, 0.25) is 5.91 Å². The number of amides is 1. The Morgan fingerprint density at radius 2 is 2.57 bits per heavy atom. The van der Waals surface area contributed by atoms with Gasteiger partial charge in [0, 0.05) is 6.54 Å². The van der Waals surface area contributed by atoms with Gasteiger partial charge in [-0.15, -0.1) is 0 Å². The quantitative estimate of drug-likeness (QED) is 0.669. The molecule has 0 fully saturated rings. The van der Waals surface area contributed by atoms with Crippen molar-refractivity contribution in [1.29, 1.82) is 0 Å². The highest BCUT2D eigenvalue weighted by atomic mass is 16.2. The zero-order chi connectivity index (χ0) is 9.97. The fraction of sp³-hybridized carbons (Fsp3) is 0.400. The van der Waals surface area contributed by atoms with E-state index in [0.29, 0.717) is 6.54 Å². The third kappa shape index (κ3) is 1.55. The second-order valence-electron chi connectivity index (χ2n) is 3.38. The molecule has 2 rings (SSSR count). The number of fused-ring (bicyclic) bond motifs is 1. The molecule has 1 amide bonds. The Bertz CT molecular complexity index is 367. The molecule has 74 valence electrons. The Kier molecular flexibility index (Phi) is 2.35. The zero-order valence-corrected chi connectivity index (χ0v) is 8.16. The summed E-state index contributed by atoms with van der Waals surface area (Å²) in [4.78, 5) is 13.4. The number of nitrogens with one attached hydrogen (secondary N) is 1. The molecule has 14 heavy (non-hydrogen) atoms. The molecule has 0 saturated carbocycles. The Labute approximate surface area is 82.6 Å². The first-order chi connectivity index (χ1) is 6.81. The van der Waals surface area contributed by atoms with Crippen molar-refractivity contribution < 1.29 is 4.79 Å². The smallest absolute Gasteiger partial charge is 0.246 e. The molecule has 1 N–H and O–H groups in total. The van der Waals surface area contributed by atoms with Gasteiger partial charge in [-0.2, -0.15) is 5.10 Å². The number of nitrogens with zero attached hydrogens (tertiary/aromatic N) is 2. The van der Waals surface area contributed by atoms with Crippen molar-refractivity contribution in [2.24, 2.45) is 0 Å². The molecule has 0 aliphatic carbocycles. The molecule has 1 aromatic heterocycles. The van der Waals surface area contributed by atoms with Crippen molar-refractivity contribution in [3.05, 3.63) is 29.6 Å². The molecule has 0 atom stereocenters. The Balaban J connectivity index is 2.11. The maximum Gasteiger partial charge on any atom is 0.246 e. The summed E-state index contributed by atoms with van der Waals surface area (Å²) in [6.45, 7) is 3.29. The highest BCUT2D eigenvalue weighted by Crippen LogP contribution is 2.15. The van der Waals surface area contributed by atoms with Crippen LogP contribution >= 0.6 is 0 Å². The predicted molar refractivity (Wildman–Crippen MR) is 52.5 cm³/mol. The van der Waals surface area contributed by atoms with Crippen LogP contribution in [0.15, 0.2) is 18.3 Å². The van der Waals surface area contributed by atoms with E-state index in [-0.39, 0.29) is 5.91 Å². The van der Waals surface area contributed by atoms with Gasteiger partial charge in [0.15, 0.2) is 0 Å². The van der Waals surface area contributed by atoms with Gasteiger partial charge in [-0.3, -0.25) is 9.89 Å². The molecular formula is C10H13N3O. The van der Waals surface area contributed by atoms with Gasteiger partial charge in [0.25, 0.3) is 0 Å². The van der Waals surface area contributed by atoms with Crippen molar-refractivity contribution in [1.82, 2.24) is 15.1 Å². The number of H-pyrrole nitrogens is 1. The minimum atomic E-state index is 0.0766. The van der Waals surface area contributed by atoms with E-state index in [9.17, 15) is 4.79 Å². The Morgan fingerprint density at radius 1 is 1.71 bits per heavy atom. The van der Waals surface area contributed by atoms with E-state index in [1.54, 1.807) is 12.2 Å². The highest BCUT2D eigenvalue weighted by Gasteiger charge is 2.19. The number of aromatic amines is 1. The molecule has 4 nitrogen and oxygen atoms in total. The largest absolute Gasteiger partial charge is 0.333 e. The van der Waals surface area contributed by atoms with Gasteiger partial charge in [-0.25, -0.2) is 0 Å². The normalized spacial score (nSPS) is 15.9. The summed E-state index contributed by atoms with van der Waals surface area (Å²) >= 11 is 0. The van der Waals surface area contributed by atoms with Crippen LogP contribution in [0.4, 0.5) is 0 Å². The van der Waals surface area contributed by atoms with Crippen LogP contribution in [0.3, 0.4) is 0 Å². The maximum atomic E-state index is 11.5. The number of hydrogen-bond donors (Lipinski definition) is 1. The van der Waals surface area contributed by atoms with Crippen molar-refractivity contribution in [2.45, 2.75) is 19.9 Å². The molecule has 2 heterocycles. The first-order valence-electron chi connectivity index (χ1n) is 4.74. The van der Waals surface area contributed by atoms with Gasteiger partial charge in [-0.05, 0) is 25.0 Å². The van der Waals surface area contributed by atoms with Crippen LogP contribution in [0.25, 0.3) is 0 Å². The number of carbonyl (C=O) groups excluding carboxylic acids is 1. The lowest BCUT2D eigenvalue weighted by Crippen LogP contribution is -2.34. The third-order valence-corrected chi connectivity index (χ3v) is 2.43. The van der Waals surface area contributed by atoms with Gasteiger partial charge in [-0.1, -0.05) is 6.08 Å². The molecular weight excluding hydrogens is 178 g/mol. The van der Waals surface area contributed by atoms with Crippen LogP contribution in [-0.2, 0) is 17.8 Å². The van der Waals surface area contributed by atoms with Crippen LogP contribution in [0.2, 0.25) is 0 Å². The fourth-order valence-electron chi connectivity index (χ4n) is 1.65. The minimum absolute atomic E-state index is 0.0766. The van der Waals surface area contributed by atoms with Crippen LogP contribution in [-0.4, -0.2) is 27.5 Å².